The maximum Gasteiger partial charge on any atom is 0.230 e. The number of amides is 2. The average Bonchev–Trinajstić information content (AvgIpc) is 3.07. The van der Waals surface area contributed by atoms with Gasteiger partial charge in [-0.3, -0.25) is 14.3 Å². The second-order valence-electron chi connectivity index (χ2n) is 7.84. The highest BCUT2D eigenvalue weighted by Gasteiger charge is 2.26. The predicted molar refractivity (Wildman–Crippen MR) is 115 cm³/mol. The van der Waals surface area contributed by atoms with Crippen LogP contribution < -0.4 is 15.4 Å². The molecule has 7 nitrogen and oxygen atoms in total. The van der Waals surface area contributed by atoms with Gasteiger partial charge in [0.2, 0.25) is 11.8 Å². The molecule has 1 unspecified atom stereocenters. The van der Waals surface area contributed by atoms with E-state index in [2.05, 4.69) is 10.6 Å². The third-order valence-electron chi connectivity index (χ3n) is 5.16. The van der Waals surface area contributed by atoms with Crippen molar-refractivity contribution in [3.8, 4) is 5.75 Å². The average molecular weight is 406 g/mol. The summed E-state index contributed by atoms with van der Waals surface area (Å²) in [6, 6.07) is 15.9. The summed E-state index contributed by atoms with van der Waals surface area (Å²) in [4.78, 5) is 24.3. The van der Waals surface area contributed by atoms with Crippen LogP contribution in [0.25, 0.3) is 10.9 Å². The summed E-state index contributed by atoms with van der Waals surface area (Å²) in [5.74, 6) is 0.758. The molecular weight excluding hydrogens is 380 g/mol. The van der Waals surface area contributed by atoms with Crippen molar-refractivity contribution in [2.45, 2.75) is 39.3 Å². The lowest BCUT2D eigenvalue weighted by Gasteiger charge is -2.21. The minimum absolute atomic E-state index is 0.00909. The van der Waals surface area contributed by atoms with Crippen LogP contribution in [-0.2, 0) is 16.1 Å². The van der Waals surface area contributed by atoms with Crippen LogP contribution in [0.4, 0.5) is 5.82 Å². The number of benzene rings is 2. The molecule has 2 heterocycles. The van der Waals surface area contributed by atoms with Gasteiger partial charge < -0.3 is 15.4 Å². The van der Waals surface area contributed by atoms with E-state index in [4.69, 9.17) is 9.84 Å². The maximum absolute atomic E-state index is 12.9. The molecule has 1 fully saturated rings. The first-order chi connectivity index (χ1) is 14.5. The standard InChI is InChI=1S/C23H26N4O3/c1-15(2)30-19-10-6-9-18-21(19)22(25-23(29)17-11-12-20(28)24-13-17)26-27(18)14-16-7-4-3-5-8-16/h3-10,15,17H,11-14H2,1-2H3,(H,24,28)(H,25,26,29). The van der Waals surface area contributed by atoms with Gasteiger partial charge in [-0.25, -0.2) is 0 Å². The van der Waals surface area contributed by atoms with Crippen LogP contribution in [0.15, 0.2) is 48.5 Å². The van der Waals surface area contributed by atoms with Gasteiger partial charge in [0.15, 0.2) is 5.82 Å². The van der Waals surface area contributed by atoms with Crippen molar-refractivity contribution >= 4 is 28.5 Å². The molecule has 0 spiro atoms. The molecular formula is C23H26N4O3. The quantitative estimate of drug-likeness (QED) is 0.658. The number of carbonyl (C=O) groups is 2. The van der Waals surface area contributed by atoms with Crippen molar-refractivity contribution in [1.29, 1.82) is 0 Å². The van der Waals surface area contributed by atoms with E-state index in [1.54, 1.807) is 0 Å². The van der Waals surface area contributed by atoms with Crippen molar-refractivity contribution in [3.05, 3.63) is 54.1 Å². The lowest BCUT2D eigenvalue weighted by molar-refractivity contribution is -0.126. The van der Waals surface area contributed by atoms with E-state index in [1.807, 2.05) is 67.1 Å². The van der Waals surface area contributed by atoms with Crippen LogP contribution in [0, 0.1) is 5.92 Å². The molecule has 1 saturated heterocycles. The van der Waals surface area contributed by atoms with Gasteiger partial charge in [0.25, 0.3) is 0 Å². The molecule has 2 aromatic carbocycles. The fourth-order valence-corrected chi connectivity index (χ4v) is 3.69. The highest BCUT2D eigenvalue weighted by Crippen LogP contribution is 2.33. The number of ether oxygens (including phenoxy) is 1. The lowest BCUT2D eigenvalue weighted by atomic mass is 9.98. The first-order valence-electron chi connectivity index (χ1n) is 10.3. The molecule has 0 saturated carbocycles. The maximum atomic E-state index is 12.9. The smallest absolute Gasteiger partial charge is 0.230 e. The number of fused-ring (bicyclic) bond motifs is 1. The summed E-state index contributed by atoms with van der Waals surface area (Å²) in [5, 5.41) is 11.3. The Labute approximate surface area is 175 Å². The summed E-state index contributed by atoms with van der Waals surface area (Å²) in [6.07, 6.45) is 0.892. The summed E-state index contributed by atoms with van der Waals surface area (Å²) in [5.41, 5.74) is 2.01. The van der Waals surface area contributed by atoms with Crippen molar-refractivity contribution in [2.24, 2.45) is 5.92 Å². The Morgan fingerprint density at radius 1 is 1.23 bits per heavy atom. The molecule has 0 bridgehead atoms. The minimum atomic E-state index is -0.268. The molecule has 3 aromatic rings. The molecule has 2 amide bonds. The van der Waals surface area contributed by atoms with Gasteiger partial charge >= 0.3 is 0 Å². The number of piperidine rings is 1. The molecule has 156 valence electrons. The topological polar surface area (TPSA) is 85.2 Å². The van der Waals surface area contributed by atoms with E-state index in [1.165, 1.54) is 0 Å². The Balaban J connectivity index is 1.69. The van der Waals surface area contributed by atoms with Crippen LogP contribution in [-0.4, -0.2) is 34.2 Å². The Kier molecular flexibility index (Phi) is 5.70. The van der Waals surface area contributed by atoms with Crippen LogP contribution >= 0.6 is 0 Å². The zero-order valence-corrected chi connectivity index (χ0v) is 17.2. The van der Waals surface area contributed by atoms with E-state index in [-0.39, 0.29) is 23.8 Å². The Bertz CT molecular complexity index is 1050. The monoisotopic (exact) mass is 406 g/mol. The second-order valence-corrected chi connectivity index (χ2v) is 7.84. The lowest BCUT2D eigenvalue weighted by Crippen LogP contribution is -2.40. The van der Waals surface area contributed by atoms with Crippen LogP contribution in [0.5, 0.6) is 5.75 Å². The van der Waals surface area contributed by atoms with Gasteiger partial charge in [0.05, 0.1) is 29.5 Å². The molecule has 2 N–H and O–H groups in total. The highest BCUT2D eigenvalue weighted by atomic mass is 16.5. The summed E-state index contributed by atoms with van der Waals surface area (Å²) in [6.45, 7) is 4.87. The van der Waals surface area contributed by atoms with Gasteiger partial charge in [-0.1, -0.05) is 36.4 Å². The number of nitrogens with zero attached hydrogens (tertiary/aromatic N) is 2. The van der Waals surface area contributed by atoms with E-state index in [0.29, 0.717) is 37.5 Å². The van der Waals surface area contributed by atoms with Gasteiger partial charge in [-0.05, 0) is 38.0 Å². The Morgan fingerprint density at radius 3 is 2.73 bits per heavy atom. The molecule has 7 heteroatoms. The van der Waals surface area contributed by atoms with E-state index in [0.717, 1.165) is 16.5 Å². The molecule has 1 atom stereocenters. The first kappa shape index (κ1) is 19.9. The Hall–Kier alpha value is -3.35. The van der Waals surface area contributed by atoms with Crippen LogP contribution in [0.2, 0.25) is 0 Å². The normalized spacial score (nSPS) is 16.5. The Morgan fingerprint density at radius 2 is 2.03 bits per heavy atom. The molecule has 0 aliphatic carbocycles. The molecule has 30 heavy (non-hydrogen) atoms. The van der Waals surface area contributed by atoms with Gasteiger partial charge in [-0.2, -0.15) is 5.10 Å². The number of hydrogen-bond acceptors (Lipinski definition) is 4. The fraction of sp³-hybridized carbons (Fsp3) is 0.348. The van der Waals surface area contributed by atoms with Crippen molar-refractivity contribution in [3.63, 3.8) is 0 Å². The molecule has 4 rings (SSSR count). The predicted octanol–water partition coefficient (Wildman–Crippen LogP) is 3.34. The van der Waals surface area contributed by atoms with Crippen molar-refractivity contribution in [2.75, 3.05) is 11.9 Å². The number of rotatable bonds is 6. The SMILES string of the molecule is CC(C)Oc1cccc2c1c(NC(=O)C1CCC(=O)NC1)nn2Cc1ccccc1. The second kappa shape index (κ2) is 8.57. The molecule has 1 aliphatic heterocycles. The third kappa shape index (κ3) is 4.30. The van der Waals surface area contributed by atoms with Gasteiger partial charge in [0, 0.05) is 13.0 Å². The number of anilines is 1. The van der Waals surface area contributed by atoms with E-state index in [9.17, 15) is 9.59 Å². The summed E-state index contributed by atoms with van der Waals surface area (Å²) in [7, 11) is 0. The number of nitrogens with one attached hydrogen (secondary N) is 2. The third-order valence-corrected chi connectivity index (χ3v) is 5.16. The first-order valence-corrected chi connectivity index (χ1v) is 10.3. The zero-order valence-electron chi connectivity index (χ0n) is 17.2. The largest absolute Gasteiger partial charge is 0.490 e. The molecule has 1 aromatic heterocycles. The zero-order chi connectivity index (χ0) is 21.1. The highest BCUT2D eigenvalue weighted by molar-refractivity contribution is 6.03. The molecule has 1 aliphatic rings. The van der Waals surface area contributed by atoms with Crippen LogP contribution in [0.1, 0.15) is 32.3 Å². The molecule has 0 radical (unpaired) electrons. The number of carbonyl (C=O) groups excluding carboxylic acids is 2. The van der Waals surface area contributed by atoms with Gasteiger partial charge in [-0.15, -0.1) is 0 Å². The summed E-state index contributed by atoms with van der Waals surface area (Å²) < 4.78 is 7.90. The van der Waals surface area contributed by atoms with Crippen LogP contribution in [0.3, 0.4) is 0 Å². The summed E-state index contributed by atoms with van der Waals surface area (Å²) >= 11 is 0. The van der Waals surface area contributed by atoms with Crippen molar-refractivity contribution in [1.82, 2.24) is 15.1 Å². The minimum Gasteiger partial charge on any atom is -0.490 e. The number of hydrogen-bond donors (Lipinski definition) is 2. The van der Waals surface area contributed by atoms with E-state index >= 15 is 0 Å². The van der Waals surface area contributed by atoms with E-state index < -0.39 is 0 Å². The van der Waals surface area contributed by atoms with Crippen molar-refractivity contribution < 1.29 is 14.3 Å². The number of aromatic nitrogens is 2. The fourth-order valence-electron chi connectivity index (χ4n) is 3.69. The van der Waals surface area contributed by atoms with Gasteiger partial charge in [0.1, 0.15) is 5.75 Å².